The Morgan fingerprint density at radius 2 is 1.86 bits per heavy atom. The molecule has 28 heavy (non-hydrogen) atoms. The molecule has 6 heteroatoms. The number of hydrogen-bond acceptors (Lipinski definition) is 4. The number of fused-ring (bicyclic) bond motifs is 1. The van der Waals surface area contributed by atoms with Crippen LogP contribution in [0.3, 0.4) is 0 Å². The number of nitrogens with zero attached hydrogens (tertiary/aromatic N) is 4. The number of benzene rings is 1. The molecule has 0 aliphatic heterocycles. The van der Waals surface area contributed by atoms with Gasteiger partial charge in [-0.15, -0.1) is 0 Å². The van der Waals surface area contributed by atoms with E-state index in [1.807, 2.05) is 36.0 Å². The van der Waals surface area contributed by atoms with Crippen LogP contribution in [-0.4, -0.2) is 19.7 Å². The number of hydrogen-bond donors (Lipinski definition) is 1. The Kier molecular flexibility index (Phi) is 4.55. The van der Waals surface area contributed by atoms with Crippen LogP contribution in [-0.2, 0) is 7.05 Å². The predicted octanol–water partition coefficient (Wildman–Crippen LogP) is 5.22. The van der Waals surface area contributed by atoms with Crippen molar-refractivity contribution in [3.63, 3.8) is 0 Å². The maximum atomic E-state index is 14.6. The third kappa shape index (κ3) is 3.33. The maximum Gasteiger partial charge on any atom is 0.149 e. The van der Waals surface area contributed by atoms with Gasteiger partial charge in [-0.3, -0.25) is 4.68 Å². The molecule has 141 valence electrons. The molecule has 0 aliphatic carbocycles. The Balaban J connectivity index is 1.77. The Morgan fingerprint density at radius 1 is 1.07 bits per heavy atom. The largest absolute Gasteiger partial charge is 0.325 e. The van der Waals surface area contributed by atoms with E-state index in [9.17, 15) is 4.39 Å². The van der Waals surface area contributed by atoms with Crippen LogP contribution in [0.2, 0.25) is 0 Å². The summed E-state index contributed by atoms with van der Waals surface area (Å²) < 4.78 is 16.5. The van der Waals surface area contributed by atoms with Crippen molar-refractivity contribution in [3.8, 4) is 11.1 Å². The molecule has 3 aromatic heterocycles. The van der Waals surface area contributed by atoms with Gasteiger partial charge in [0.15, 0.2) is 0 Å². The number of anilines is 2. The van der Waals surface area contributed by atoms with Gasteiger partial charge in [0.25, 0.3) is 0 Å². The van der Waals surface area contributed by atoms with Crippen LogP contribution in [0.4, 0.5) is 16.0 Å². The molecule has 4 aromatic rings. The van der Waals surface area contributed by atoms with Crippen molar-refractivity contribution in [1.29, 1.82) is 0 Å². The summed E-state index contributed by atoms with van der Waals surface area (Å²) in [6, 6.07) is 11.1. The molecule has 0 unspecified atom stereocenters. The fourth-order valence-corrected chi connectivity index (χ4v) is 3.47. The van der Waals surface area contributed by atoms with Crippen molar-refractivity contribution in [2.75, 3.05) is 5.32 Å². The van der Waals surface area contributed by atoms with E-state index in [1.54, 1.807) is 18.3 Å². The van der Waals surface area contributed by atoms with Gasteiger partial charge < -0.3 is 5.32 Å². The molecule has 1 radical (unpaired) electrons. The minimum absolute atomic E-state index is 0.311. The van der Waals surface area contributed by atoms with Gasteiger partial charge in [-0.25, -0.2) is 14.4 Å². The highest BCUT2D eigenvalue weighted by molar-refractivity contribution is 5.87. The number of pyridine rings is 2. The van der Waals surface area contributed by atoms with Crippen molar-refractivity contribution >= 4 is 22.5 Å². The average Bonchev–Trinajstić information content (AvgIpc) is 2.98. The van der Waals surface area contributed by atoms with Gasteiger partial charge in [-0.2, -0.15) is 5.10 Å². The molecular formula is C22H21FN5. The molecule has 0 saturated carbocycles. The van der Waals surface area contributed by atoms with Crippen molar-refractivity contribution in [1.82, 2.24) is 19.7 Å². The Bertz CT molecular complexity index is 1160. The highest BCUT2D eigenvalue weighted by Gasteiger charge is 2.15. The summed E-state index contributed by atoms with van der Waals surface area (Å²) >= 11 is 0. The molecule has 3 heterocycles. The monoisotopic (exact) mass is 374 g/mol. The minimum Gasteiger partial charge on any atom is -0.325 e. The second kappa shape index (κ2) is 7.03. The lowest BCUT2D eigenvalue weighted by Crippen LogP contribution is -1.99. The SMILES string of the molecule is [CH2]c1ccnc(Nc2cc(-c3ccc4nn(C)c(C(C)C)c4c3)c(F)cn2)c1. The van der Waals surface area contributed by atoms with Gasteiger partial charge in [-0.1, -0.05) is 19.9 Å². The lowest BCUT2D eigenvalue weighted by atomic mass is 10.0. The second-order valence-corrected chi connectivity index (χ2v) is 7.12. The van der Waals surface area contributed by atoms with Crippen LogP contribution in [0, 0.1) is 12.7 Å². The van der Waals surface area contributed by atoms with Crippen molar-refractivity contribution in [2.45, 2.75) is 19.8 Å². The molecule has 0 bridgehead atoms. The zero-order valence-electron chi connectivity index (χ0n) is 16.1. The van der Waals surface area contributed by atoms with Crippen LogP contribution < -0.4 is 5.32 Å². The summed E-state index contributed by atoms with van der Waals surface area (Å²) in [5.74, 6) is 1.07. The van der Waals surface area contributed by atoms with E-state index in [0.29, 0.717) is 23.1 Å². The lowest BCUT2D eigenvalue weighted by molar-refractivity contribution is 0.625. The molecule has 0 saturated heterocycles. The first-order valence-corrected chi connectivity index (χ1v) is 9.10. The molecule has 0 atom stereocenters. The van der Waals surface area contributed by atoms with Gasteiger partial charge in [0, 0.05) is 29.9 Å². The average molecular weight is 374 g/mol. The van der Waals surface area contributed by atoms with Gasteiger partial charge in [0.1, 0.15) is 17.5 Å². The first-order chi connectivity index (χ1) is 13.4. The molecule has 0 aliphatic rings. The zero-order chi connectivity index (χ0) is 19.8. The fourth-order valence-electron chi connectivity index (χ4n) is 3.47. The van der Waals surface area contributed by atoms with Crippen molar-refractivity contribution in [3.05, 3.63) is 72.8 Å². The van der Waals surface area contributed by atoms with E-state index in [2.05, 4.69) is 41.2 Å². The van der Waals surface area contributed by atoms with Crippen LogP contribution in [0.25, 0.3) is 22.0 Å². The van der Waals surface area contributed by atoms with Crippen molar-refractivity contribution in [2.24, 2.45) is 7.05 Å². The number of rotatable bonds is 4. The smallest absolute Gasteiger partial charge is 0.149 e. The third-order valence-electron chi connectivity index (χ3n) is 4.67. The van der Waals surface area contributed by atoms with Gasteiger partial charge >= 0.3 is 0 Å². The van der Waals surface area contributed by atoms with E-state index in [0.717, 1.165) is 27.7 Å². The molecule has 0 fully saturated rings. The summed E-state index contributed by atoms with van der Waals surface area (Å²) in [6.07, 6.45) is 2.89. The molecule has 1 aromatic carbocycles. The van der Waals surface area contributed by atoms with Crippen LogP contribution in [0.15, 0.2) is 48.8 Å². The normalized spacial score (nSPS) is 11.4. The fraction of sp³-hybridized carbons (Fsp3) is 0.182. The van der Waals surface area contributed by atoms with E-state index in [4.69, 9.17) is 0 Å². The summed E-state index contributed by atoms with van der Waals surface area (Å²) in [7, 11) is 1.94. The lowest BCUT2D eigenvalue weighted by Gasteiger charge is -2.10. The summed E-state index contributed by atoms with van der Waals surface area (Å²) in [6.45, 7) is 8.14. The highest BCUT2D eigenvalue weighted by atomic mass is 19.1. The standard InChI is InChI=1S/C22H21FN5/c1-13(2)22-17-10-15(5-6-19(17)27-28(22)4)16-11-21(25-12-18(16)23)26-20-9-14(3)7-8-24-20/h5-13H,3H2,1-2,4H3,(H,24,25,26). The Labute approximate surface area is 163 Å². The van der Waals surface area contributed by atoms with Gasteiger partial charge in [0.2, 0.25) is 0 Å². The summed E-state index contributed by atoms with van der Waals surface area (Å²) in [5.41, 5.74) is 4.12. The first-order valence-electron chi connectivity index (χ1n) is 9.10. The molecular weight excluding hydrogens is 353 g/mol. The predicted molar refractivity (Wildman–Crippen MR) is 110 cm³/mol. The molecule has 0 amide bonds. The third-order valence-corrected chi connectivity index (χ3v) is 4.67. The highest BCUT2D eigenvalue weighted by Crippen LogP contribution is 2.31. The van der Waals surface area contributed by atoms with Gasteiger partial charge in [-0.05, 0) is 54.3 Å². The van der Waals surface area contributed by atoms with E-state index in [-0.39, 0.29) is 5.82 Å². The molecule has 1 N–H and O–H groups in total. The first kappa shape index (κ1) is 18.1. The number of aromatic nitrogens is 4. The summed E-state index contributed by atoms with van der Waals surface area (Å²) in [4.78, 5) is 8.38. The number of halogens is 1. The topological polar surface area (TPSA) is 55.6 Å². The zero-order valence-corrected chi connectivity index (χ0v) is 16.1. The minimum atomic E-state index is -0.376. The van der Waals surface area contributed by atoms with E-state index >= 15 is 0 Å². The summed E-state index contributed by atoms with van der Waals surface area (Å²) in [5, 5.41) is 8.70. The van der Waals surface area contributed by atoms with E-state index in [1.165, 1.54) is 6.20 Å². The quantitative estimate of drug-likeness (QED) is 0.532. The Hall–Kier alpha value is -3.28. The molecule has 0 spiro atoms. The Morgan fingerprint density at radius 3 is 2.61 bits per heavy atom. The van der Waals surface area contributed by atoms with Crippen molar-refractivity contribution < 1.29 is 4.39 Å². The van der Waals surface area contributed by atoms with E-state index < -0.39 is 0 Å². The number of aryl methyl sites for hydroxylation is 1. The van der Waals surface area contributed by atoms with Crippen LogP contribution in [0.1, 0.15) is 31.0 Å². The van der Waals surface area contributed by atoms with Gasteiger partial charge in [0.05, 0.1) is 11.7 Å². The molecule has 5 nitrogen and oxygen atoms in total. The number of nitrogens with one attached hydrogen (secondary N) is 1. The van der Waals surface area contributed by atoms with Crippen LogP contribution >= 0.6 is 0 Å². The molecule has 4 rings (SSSR count). The maximum absolute atomic E-state index is 14.6. The van der Waals surface area contributed by atoms with Crippen LogP contribution in [0.5, 0.6) is 0 Å². The second-order valence-electron chi connectivity index (χ2n) is 7.12.